The zero-order valence-electron chi connectivity index (χ0n) is 13.9. The van der Waals surface area contributed by atoms with Crippen LogP contribution >= 0.6 is 0 Å². The van der Waals surface area contributed by atoms with Crippen LogP contribution in [-0.4, -0.2) is 49.6 Å². The molecule has 2 amide bonds. The second-order valence-corrected chi connectivity index (χ2v) is 7.52. The number of rotatable bonds is 3. The minimum absolute atomic E-state index is 0.000770. The highest BCUT2D eigenvalue weighted by Gasteiger charge is 2.44. The Morgan fingerprint density at radius 2 is 2.00 bits per heavy atom. The molecule has 3 fully saturated rings. The third kappa shape index (κ3) is 3.18. The molecule has 24 heavy (non-hydrogen) atoms. The van der Waals surface area contributed by atoms with E-state index >= 15 is 0 Å². The SMILES string of the molecule is O=C(CC1CC1)N1CCC2(COCC(=O)N(c3ccccc3)C2)C1. The maximum atomic E-state index is 12.4. The van der Waals surface area contributed by atoms with Gasteiger partial charge in [0.05, 0.1) is 6.61 Å². The van der Waals surface area contributed by atoms with E-state index in [0.717, 1.165) is 18.7 Å². The summed E-state index contributed by atoms with van der Waals surface area (Å²) >= 11 is 0. The quantitative estimate of drug-likeness (QED) is 0.853. The van der Waals surface area contributed by atoms with Crippen molar-refractivity contribution >= 4 is 17.5 Å². The van der Waals surface area contributed by atoms with Crippen LogP contribution in [-0.2, 0) is 14.3 Å². The van der Waals surface area contributed by atoms with Gasteiger partial charge in [-0.15, -0.1) is 0 Å². The molecule has 1 aromatic carbocycles. The van der Waals surface area contributed by atoms with Crippen molar-refractivity contribution < 1.29 is 14.3 Å². The van der Waals surface area contributed by atoms with Crippen molar-refractivity contribution in [2.24, 2.45) is 11.3 Å². The van der Waals surface area contributed by atoms with Crippen LogP contribution in [0.15, 0.2) is 30.3 Å². The van der Waals surface area contributed by atoms with Gasteiger partial charge in [0.15, 0.2) is 0 Å². The Morgan fingerprint density at radius 3 is 2.75 bits per heavy atom. The summed E-state index contributed by atoms with van der Waals surface area (Å²) in [7, 11) is 0. The summed E-state index contributed by atoms with van der Waals surface area (Å²) in [5.74, 6) is 0.888. The average molecular weight is 328 g/mol. The minimum Gasteiger partial charge on any atom is -0.371 e. The molecule has 1 unspecified atom stereocenters. The molecule has 3 aliphatic rings. The highest BCUT2D eigenvalue weighted by atomic mass is 16.5. The van der Waals surface area contributed by atoms with E-state index in [0.29, 0.717) is 32.0 Å². The summed E-state index contributed by atoms with van der Waals surface area (Å²) in [5, 5.41) is 0. The first kappa shape index (κ1) is 15.6. The van der Waals surface area contributed by atoms with Crippen LogP contribution in [0.3, 0.4) is 0 Å². The zero-order chi connectivity index (χ0) is 16.6. The van der Waals surface area contributed by atoms with Crippen LogP contribution in [0.4, 0.5) is 5.69 Å². The average Bonchev–Trinajstić information content (AvgIpc) is 3.33. The van der Waals surface area contributed by atoms with Crippen LogP contribution in [0, 0.1) is 11.3 Å². The van der Waals surface area contributed by atoms with E-state index < -0.39 is 0 Å². The fourth-order valence-electron chi connectivity index (χ4n) is 3.84. The highest BCUT2D eigenvalue weighted by Crippen LogP contribution is 2.38. The lowest BCUT2D eigenvalue weighted by molar-refractivity contribution is -0.131. The van der Waals surface area contributed by atoms with Gasteiger partial charge in [-0.05, 0) is 37.3 Å². The standard InChI is InChI=1S/C19H24N2O3/c22-17(10-15-6-7-15)20-9-8-19(12-20)13-21(18(23)11-24-14-19)16-4-2-1-3-5-16/h1-5,15H,6-14H2. The molecule has 1 atom stereocenters. The monoisotopic (exact) mass is 328 g/mol. The first-order valence-corrected chi connectivity index (χ1v) is 8.86. The lowest BCUT2D eigenvalue weighted by atomic mass is 9.87. The molecule has 0 bridgehead atoms. The van der Waals surface area contributed by atoms with Gasteiger partial charge in [-0.1, -0.05) is 18.2 Å². The van der Waals surface area contributed by atoms with Crippen LogP contribution in [0.25, 0.3) is 0 Å². The van der Waals surface area contributed by atoms with Crippen molar-refractivity contribution in [1.82, 2.24) is 4.90 Å². The summed E-state index contributed by atoms with van der Waals surface area (Å²) in [6, 6.07) is 9.76. The highest BCUT2D eigenvalue weighted by molar-refractivity contribution is 5.94. The minimum atomic E-state index is -0.138. The molecule has 5 heteroatoms. The van der Waals surface area contributed by atoms with Crippen LogP contribution in [0.1, 0.15) is 25.7 Å². The molecule has 1 aliphatic carbocycles. The van der Waals surface area contributed by atoms with Gasteiger partial charge in [-0.2, -0.15) is 0 Å². The largest absolute Gasteiger partial charge is 0.371 e. The van der Waals surface area contributed by atoms with E-state index in [1.54, 1.807) is 0 Å². The normalized spacial score (nSPS) is 27.6. The summed E-state index contributed by atoms with van der Waals surface area (Å²) in [6.07, 6.45) is 3.99. The van der Waals surface area contributed by atoms with Gasteiger partial charge in [-0.3, -0.25) is 9.59 Å². The number of carbonyl (C=O) groups is 2. The number of carbonyl (C=O) groups excluding carboxylic acids is 2. The van der Waals surface area contributed by atoms with Gasteiger partial charge in [-0.25, -0.2) is 0 Å². The second-order valence-electron chi connectivity index (χ2n) is 7.52. The molecule has 4 rings (SSSR count). The van der Waals surface area contributed by atoms with Gasteiger partial charge >= 0.3 is 0 Å². The van der Waals surface area contributed by atoms with Crippen molar-refractivity contribution in [2.75, 3.05) is 37.7 Å². The van der Waals surface area contributed by atoms with E-state index in [2.05, 4.69) is 0 Å². The van der Waals surface area contributed by atoms with Crippen molar-refractivity contribution in [3.63, 3.8) is 0 Å². The summed E-state index contributed by atoms with van der Waals surface area (Å²) in [6.45, 7) is 2.78. The fraction of sp³-hybridized carbons (Fsp3) is 0.579. The molecule has 0 radical (unpaired) electrons. The van der Waals surface area contributed by atoms with Crippen LogP contribution < -0.4 is 4.90 Å². The topological polar surface area (TPSA) is 49.9 Å². The first-order chi connectivity index (χ1) is 11.7. The van der Waals surface area contributed by atoms with Crippen molar-refractivity contribution in [3.8, 4) is 0 Å². The van der Waals surface area contributed by atoms with Crippen molar-refractivity contribution in [3.05, 3.63) is 30.3 Å². The number of hydrogen-bond donors (Lipinski definition) is 0. The van der Waals surface area contributed by atoms with Crippen LogP contribution in [0.5, 0.6) is 0 Å². The lowest BCUT2D eigenvalue weighted by Crippen LogP contribution is -2.43. The molecule has 5 nitrogen and oxygen atoms in total. The molecule has 1 aromatic rings. The van der Waals surface area contributed by atoms with Gasteiger partial charge in [0.1, 0.15) is 6.61 Å². The molecule has 1 spiro atoms. The van der Waals surface area contributed by atoms with E-state index in [9.17, 15) is 9.59 Å². The summed E-state index contributed by atoms with van der Waals surface area (Å²) in [5.41, 5.74) is 0.774. The zero-order valence-corrected chi connectivity index (χ0v) is 13.9. The van der Waals surface area contributed by atoms with Gasteiger partial charge in [0.25, 0.3) is 5.91 Å². The molecule has 128 valence electrons. The number of nitrogens with zero attached hydrogens (tertiary/aromatic N) is 2. The Labute approximate surface area is 142 Å². The Balaban J connectivity index is 1.50. The Bertz CT molecular complexity index is 629. The van der Waals surface area contributed by atoms with E-state index in [-0.39, 0.29) is 23.8 Å². The Hall–Kier alpha value is -1.88. The summed E-state index contributed by atoms with van der Waals surface area (Å²) < 4.78 is 5.69. The van der Waals surface area contributed by atoms with E-state index in [1.165, 1.54) is 12.8 Å². The number of anilines is 1. The Kier molecular flexibility index (Phi) is 4.04. The lowest BCUT2D eigenvalue weighted by Gasteiger charge is -2.32. The maximum absolute atomic E-state index is 12.4. The van der Waals surface area contributed by atoms with Crippen molar-refractivity contribution in [2.45, 2.75) is 25.7 Å². The van der Waals surface area contributed by atoms with E-state index in [1.807, 2.05) is 40.1 Å². The predicted molar refractivity (Wildman–Crippen MR) is 90.6 cm³/mol. The van der Waals surface area contributed by atoms with Crippen molar-refractivity contribution in [1.29, 1.82) is 0 Å². The molecule has 0 N–H and O–H groups in total. The Morgan fingerprint density at radius 1 is 1.21 bits per heavy atom. The molecule has 1 saturated carbocycles. The number of benzene rings is 1. The molecule has 2 saturated heterocycles. The number of hydrogen-bond acceptors (Lipinski definition) is 3. The maximum Gasteiger partial charge on any atom is 0.252 e. The van der Waals surface area contributed by atoms with E-state index in [4.69, 9.17) is 4.74 Å². The fourth-order valence-corrected chi connectivity index (χ4v) is 3.84. The number of likely N-dealkylation sites (tertiary alicyclic amines) is 1. The smallest absolute Gasteiger partial charge is 0.252 e. The number of ether oxygens (including phenoxy) is 1. The van der Waals surface area contributed by atoms with Gasteiger partial charge < -0.3 is 14.5 Å². The predicted octanol–water partition coefficient (Wildman–Crippen LogP) is 2.07. The third-order valence-electron chi connectivity index (χ3n) is 5.45. The number of amides is 2. The van der Waals surface area contributed by atoms with Crippen LogP contribution in [0.2, 0.25) is 0 Å². The molecule has 2 aliphatic heterocycles. The van der Waals surface area contributed by atoms with Gasteiger partial charge in [0.2, 0.25) is 5.91 Å². The molecular formula is C19H24N2O3. The second kappa shape index (κ2) is 6.20. The first-order valence-electron chi connectivity index (χ1n) is 8.86. The molecule has 2 heterocycles. The van der Waals surface area contributed by atoms with Gasteiger partial charge in [0, 0.05) is 37.2 Å². The molecule has 0 aromatic heterocycles. The third-order valence-corrected chi connectivity index (χ3v) is 5.45. The number of para-hydroxylation sites is 1. The molecular weight excluding hydrogens is 304 g/mol. The summed E-state index contributed by atoms with van der Waals surface area (Å²) in [4.78, 5) is 28.7.